The van der Waals surface area contributed by atoms with Crippen molar-refractivity contribution in [3.05, 3.63) is 53.7 Å². The zero-order valence-electron chi connectivity index (χ0n) is 15.2. The van der Waals surface area contributed by atoms with Gasteiger partial charge in [-0.25, -0.2) is 0 Å². The van der Waals surface area contributed by atoms with Gasteiger partial charge in [-0.1, -0.05) is 23.4 Å². The summed E-state index contributed by atoms with van der Waals surface area (Å²) in [7, 11) is 1.64. The number of carbonyl (C=O) groups is 1. The minimum absolute atomic E-state index is 0.0658. The Morgan fingerprint density at radius 3 is 2.78 bits per heavy atom. The van der Waals surface area contributed by atoms with Gasteiger partial charge >= 0.3 is 0 Å². The molecule has 8 heteroatoms. The lowest BCUT2D eigenvalue weighted by Crippen LogP contribution is -2.29. The molecule has 1 fully saturated rings. The van der Waals surface area contributed by atoms with Gasteiger partial charge in [0.25, 0.3) is 5.91 Å². The highest BCUT2D eigenvalue weighted by Crippen LogP contribution is 2.34. The van der Waals surface area contributed by atoms with Crippen LogP contribution in [0.2, 0.25) is 0 Å². The number of likely N-dealkylation sites (tertiary alicyclic amines) is 1. The van der Waals surface area contributed by atoms with Gasteiger partial charge in [0.15, 0.2) is 5.69 Å². The molecule has 0 spiro atoms. The molecule has 0 saturated carbocycles. The maximum atomic E-state index is 12.7. The van der Waals surface area contributed by atoms with Crippen molar-refractivity contribution in [3.8, 4) is 11.5 Å². The summed E-state index contributed by atoms with van der Waals surface area (Å²) in [6, 6.07) is 11.2. The highest BCUT2D eigenvalue weighted by Gasteiger charge is 2.40. The predicted molar refractivity (Wildman–Crippen MR) is 95.0 cm³/mol. The first-order chi connectivity index (χ1) is 13.2. The largest absolute Gasteiger partial charge is 0.420 e. The molecule has 1 aliphatic heterocycles. The first-order valence-electron chi connectivity index (χ1n) is 8.76. The SMILES string of the molecule is COC[C@@H]1CN(C(=O)c2cc(C)on2)C[C@H]1c1nnc(-c2ccccc2)o1. The molecule has 2 aromatic heterocycles. The van der Waals surface area contributed by atoms with Gasteiger partial charge in [0, 0.05) is 37.7 Å². The van der Waals surface area contributed by atoms with Crippen molar-refractivity contribution in [2.24, 2.45) is 5.92 Å². The third kappa shape index (κ3) is 3.48. The monoisotopic (exact) mass is 368 g/mol. The molecule has 0 unspecified atom stereocenters. The molecular formula is C19H20N4O4. The summed E-state index contributed by atoms with van der Waals surface area (Å²) in [5.41, 5.74) is 1.17. The van der Waals surface area contributed by atoms with E-state index in [0.717, 1.165) is 5.56 Å². The summed E-state index contributed by atoms with van der Waals surface area (Å²) in [6.07, 6.45) is 0. The Morgan fingerprint density at radius 2 is 2.07 bits per heavy atom. The molecule has 0 aliphatic carbocycles. The number of methoxy groups -OCH3 is 1. The summed E-state index contributed by atoms with van der Waals surface area (Å²) >= 11 is 0. The molecule has 3 heterocycles. The summed E-state index contributed by atoms with van der Waals surface area (Å²) in [6.45, 7) is 3.25. The molecule has 0 radical (unpaired) electrons. The van der Waals surface area contributed by atoms with Crippen LogP contribution in [-0.2, 0) is 4.74 Å². The Balaban J connectivity index is 1.56. The van der Waals surface area contributed by atoms with Crippen LogP contribution in [0.4, 0.5) is 0 Å². The highest BCUT2D eigenvalue weighted by molar-refractivity contribution is 5.92. The van der Waals surface area contributed by atoms with E-state index in [-0.39, 0.29) is 17.7 Å². The summed E-state index contributed by atoms with van der Waals surface area (Å²) < 4.78 is 16.3. The molecule has 0 bridgehead atoms. The Labute approximate surface area is 156 Å². The van der Waals surface area contributed by atoms with Crippen molar-refractivity contribution in [3.63, 3.8) is 0 Å². The van der Waals surface area contributed by atoms with Crippen LogP contribution in [0.15, 0.2) is 45.3 Å². The molecule has 0 N–H and O–H groups in total. The normalized spacial score (nSPS) is 19.6. The number of aromatic nitrogens is 3. The van der Waals surface area contributed by atoms with E-state index in [1.54, 1.807) is 25.0 Å². The van der Waals surface area contributed by atoms with Crippen LogP contribution in [0, 0.1) is 12.8 Å². The number of hydrogen-bond acceptors (Lipinski definition) is 7. The number of carbonyl (C=O) groups excluding carboxylic acids is 1. The lowest BCUT2D eigenvalue weighted by molar-refractivity contribution is 0.0765. The molecule has 3 aromatic rings. The number of ether oxygens (including phenoxy) is 1. The Morgan fingerprint density at radius 1 is 1.26 bits per heavy atom. The van der Waals surface area contributed by atoms with Gasteiger partial charge in [0.05, 0.1) is 12.5 Å². The maximum absolute atomic E-state index is 12.7. The number of hydrogen-bond donors (Lipinski definition) is 0. The van der Waals surface area contributed by atoms with Crippen molar-refractivity contribution in [1.82, 2.24) is 20.3 Å². The van der Waals surface area contributed by atoms with E-state index in [0.29, 0.717) is 42.9 Å². The minimum Gasteiger partial charge on any atom is -0.420 e. The van der Waals surface area contributed by atoms with Gasteiger partial charge in [0.2, 0.25) is 11.8 Å². The van der Waals surface area contributed by atoms with Crippen LogP contribution >= 0.6 is 0 Å². The number of aryl methyl sites for hydroxylation is 1. The van der Waals surface area contributed by atoms with E-state index in [1.807, 2.05) is 30.3 Å². The number of rotatable bonds is 5. The second-order valence-electron chi connectivity index (χ2n) is 6.67. The minimum atomic E-state index is -0.168. The van der Waals surface area contributed by atoms with Crippen LogP contribution in [0.1, 0.15) is 28.1 Å². The van der Waals surface area contributed by atoms with Gasteiger partial charge in [-0.15, -0.1) is 10.2 Å². The quantitative estimate of drug-likeness (QED) is 0.683. The van der Waals surface area contributed by atoms with Gasteiger partial charge in [-0.3, -0.25) is 4.79 Å². The number of benzene rings is 1. The van der Waals surface area contributed by atoms with Gasteiger partial charge in [-0.2, -0.15) is 0 Å². The number of nitrogens with zero attached hydrogens (tertiary/aromatic N) is 4. The van der Waals surface area contributed by atoms with Crippen molar-refractivity contribution in [1.29, 1.82) is 0 Å². The molecule has 1 saturated heterocycles. The summed E-state index contributed by atoms with van der Waals surface area (Å²) in [5.74, 6) is 1.40. The average molecular weight is 368 g/mol. The fourth-order valence-corrected chi connectivity index (χ4v) is 3.41. The van der Waals surface area contributed by atoms with E-state index in [9.17, 15) is 4.79 Å². The van der Waals surface area contributed by atoms with Crippen LogP contribution in [0.5, 0.6) is 0 Å². The Bertz CT molecular complexity index is 921. The van der Waals surface area contributed by atoms with Gasteiger partial charge < -0.3 is 18.6 Å². The first kappa shape index (κ1) is 17.4. The van der Waals surface area contributed by atoms with E-state index in [2.05, 4.69) is 15.4 Å². The van der Waals surface area contributed by atoms with Crippen LogP contribution in [-0.4, -0.2) is 53.0 Å². The maximum Gasteiger partial charge on any atom is 0.276 e. The molecule has 140 valence electrons. The molecule has 1 aliphatic rings. The first-order valence-corrected chi connectivity index (χ1v) is 8.76. The predicted octanol–water partition coefficient (Wildman–Crippen LogP) is 2.54. The molecule has 4 rings (SSSR count). The Kier molecular flexibility index (Phi) is 4.72. The molecule has 2 atom stereocenters. The lowest BCUT2D eigenvalue weighted by atomic mass is 9.97. The van der Waals surface area contributed by atoms with E-state index in [1.165, 1.54) is 0 Å². The van der Waals surface area contributed by atoms with Crippen LogP contribution < -0.4 is 0 Å². The second kappa shape index (κ2) is 7.32. The van der Waals surface area contributed by atoms with Crippen LogP contribution in [0.3, 0.4) is 0 Å². The third-order valence-electron chi connectivity index (χ3n) is 4.73. The highest BCUT2D eigenvalue weighted by atomic mass is 16.5. The van der Waals surface area contributed by atoms with Crippen molar-refractivity contribution in [2.45, 2.75) is 12.8 Å². The average Bonchev–Trinajstić information content (AvgIpc) is 3.41. The summed E-state index contributed by atoms with van der Waals surface area (Å²) in [5, 5.41) is 12.2. The van der Waals surface area contributed by atoms with Gasteiger partial charge in [-0.05, 0) is 19.1 Å². The fourth-order valence-electron chi connectivity index (χ4n) is 3.41. The molecule has 1 aromatic carbocycles. The van der Waals surface area contributed by atoms with E-state index >= 15 is 0 Å². The standard InChI is InChI=1S/C19H20N4O4/c1-12-8-16(22-27-12)19(24)23-9-14(11-25-2)15(10-23)18-21-20-17(26-18)13-6-4-3-5-7-13/h3-8,14-15H,9-11H2,1-2H3/t14-,15+/m0/s1. The second-order valence-corrected chi connectivity index (χ2v) is 6.67. The summed E-state index contributed by atoms with van der Waals surface area (Å²) in [4.78, 5) is 14.4. The van der Waals surface area contributed by atoms with E-state index < -0.39 is 0 Å². The smallest absolute Gasteiger partial charge is 0.276 e. The molecule has 27 heavy (non-hydrogen) atoms. The topological polar surface area (TPSA) is 94.5 Å². The van der Waals surface area contributed by atoms with Crippen molar-refractivity contribution >= 4 is 5.91 Å². The van der Waals surface area contributed by atoms with Crippen molar-refractivity contribution in [2.75, 3.05) is 26.8 Å². The van der Waals surface area contributed by atoms with Crippen LogP contribution in [0.25, 0.3) is 11.5 Å². The Hall–Kier alpha value is -3.00. The van der Waals surface area contributed by atoms with E-state index in [4.69, 9.17) is 13.7 Å². The lowest BCUT2D eigenvalue weighted by Gasteiger charge is -2.14. The van der Waals surface area contributed by atoms with Crippen molar-refractivity contribution < 1.29 is 18.5 Å². The zero-order chi connectivity index (χ0) is 18.8. The molecule has 1 amide bonds. The zero-order valence-corrected chi connectivity index (χ0v) is 15.2. The number of amides is 1. The van der Waals surface area contributed by atoms with Gasteiger partial charge in [0.1, 0.15) is 5.76 Å². The fraction of sp³-hybridized carbons (Fsp3) is 0.368. The molecule has 8 nitrogen and oxygen atoms in total. The third-order valence-corrected chi connectivity index (χ3v) is 4.73. The molecular weight excluding hydrogens is 348 g/mol.